The Balaban J connectivity index is 0.00000136. The minimum atomic E-state index is -4.74. The summed E-state index contributed by atoms with van der Waals surface area (Å²) in [7, 11) is 0. The van der Waals surface area contributed by atoms with Crippen molar-refractivity contribution in [1.82, 2.24) is 24.9 Å². The lowest BCUT2D eigenvalue weighted by atomic mass is 10.1. The maximum atomic E-state index is 13.5. The first-order valence-corrected chi connectivity index (χ1v) is 8.41. The third-order valence-corrected chi connectivity index (χ3v) is 3.63. The number of pyridine rings is 1. The lowest BCUT2D eigenvalue weighted by Crippen LogP contribution is -2.41. The molecule has 0 aliphatic rings. The van der Waals surface area contributed by atoms with Gasteiger partial charge in [0.05, 0.1) is 29.3 Å². The first-order valence-electron chi connectivity index (χ1n) is 8.41. The number of aromatic nitrogens is 4. The van der Waals surface area contributed by atoms with Gasteiger partial charge in [0, 0.05) is 11.8 Å². The lowest BCUT2D eigenvalue weighted by Gasteiger charge is -2.20. The van der Waals surface area contributed by atoms with Gasteiger partial charge < -0.3 is 16.4 Å². The average Bonchev–Trinajstić information content (AvgIpc) is 2.99. The van der Waals surface area contributed by atoms with Crippen molar-refractivity contribution in [1.29, 1.82) is 0 Å². The topological polar surface area (TPSA) is 110 Å². The predicted octanol–water partition coefficient (Wildman–Crippen LogP) is 3.47. The molecule has 0 aliphatic carbocycles. The Hall–Kier alpha value is -3.37. The van der Waals surface area contributed by atoms with Crippen LogP contribution in [0.1, 0.15) is 31.1 Å². The Bertz CT molecular complexity index is 938. The zero-order valence-corrected chi connectivity index (χ0v) is 15.4. The van der Waals surface area contributed by atoms with Gasteiger partial charge in [-0.3, -0.25) is 0 Å². The average molecular weight is 395 g/mol. The molecule has 8 nitrogen and oxygen atoms in total. The molecule has 3 aromatic rings. The van der Waals surface area contributed by atoms with Crippen LogP contribution in [0.3, 0.4) is 0 Å². The van der Waals surface area contributed by atoms with Crippen molar-refractivity contribution in [3.8, 4) is 0 Å². The molecule has 0 aromatic carbocycles. The predicted molar refractivity (Wildman–Crippen MR) is 98.7 cm³/mol. The highest BCUT2D eigenvalue weighted by Gasteiger charge is 2.44. The maximum absolute atomic E-state index is 13.5. The molecule has 11 heteroatoms. The van der Waals surface area contributed by atoms with Crippen LogP contribution in [0, 0.1) is 6.92 Å². The number of carbonyl (C=O) groups excluding carboxylic acids is 1. The Labute approximate surface area is 159 Å². The summed E-state index contributed by atoms with van der Waals surface area (Å²) in [6.45, 7) is 5.52. The van der Waals surface area contributed by atoms with Gasteiger partial charge in [-0.2, -0.15) is 18.3 Å². The molecule has 3 heterocycles. The molecule has 0 fully saturated rings. The fraction of sp³-hybridized carbons (Fsp3) is 0.294. The SMILES string of the molecule is CC.Cc1c(C(NC(=O)Nc2cnc(N)nc2)C(F)(F)F)nn2ccccc12. The number of aryl methyl sites for hydroxylation is 1. The Morgan fingerprint density at radius 3 is 2.43 bits per heavy atom. The highest BCUT2D eigenvalue weighted by molar-refractivity contribution is 5.89. The Kier molecular flexibility index (Phi) is 6.39. The number of nitrogens with one attached hydrogen (secondary N) is 2. The van der Waals surface area contributed by atoms with Gasteiger partial charge in [0.15, 0.2) is 6.04 Å². The van der Waals surface area contributed by atoms with Crippen LogP contribution in [0.4, 0.5) is 29.6 Å². The van der Waals surface area contributed by atoms with Gasteiger partial charge >= 0.3 is 12.2 Å². The summed E-state index contributed by atoms with van der Waals surface area (Å²) in [5, 5.41) is 8.09. The standard InChI is InChI=1S/C15H14F3N7O.C2H6/c1-8-10-4-2-3-5-25(10)24-11(8)12(15(16,17)18)23-14(26)22-9-6-20-13(19)21-7-9;1-2/h2-7,12H,1H3,(H2,19,20,21)(H2,22,23,26);1-2H3. The summed E-state index contributed by atoms with van der Waals surface area (Å²) >= 11 is 0. The van der Waals surface area contributed by atoms with Gasteiger partial charge in [-0.15, -0.1) is 0 Å². The van der Waals surface area contributed by atoms with E-state index in [9.17, 15) is 18.0 Å². The number of alkyl halides is 3. The van der Waals surface area contributed by atoms with Crippen molar-refractivity contribution in [2.75, 3.05) is 11.1 Å². The molecule has 0 bridgehead atoms. The van der Waals surface area contributed by atoms with E-state index in [1.165, 1.54) is 30.0 Å². The second-order valence-electron chi connectivity index (χ2n) is 5.44. The molecule has 28 heavy (non-hydrogen) atoms. The second kappa shape index (κ2) is 8.55. The fourth-order valence-corrected chi connectivity index (χ4v) is 2.42. The van der Waals surface area contributed by atoms with Crippen molar-refractivity contribution in [2.24, 2.45) is 0 Å². The van der Waals surface area contributed by atoms with E-state index >= 15 is 0 Å². The summed E-state index contributed by atoms with van der Waals surface area (Å²) in [6.07, 6.45) is -0.843. The van der Waals surface area contributed by atoms with Crippen LogP contribution in [-0.2, 0) is 0 Å². The number of carbonyl (C=O) groups is 1. The molecule has 0 radical (unpaired) electrons. The molecule has 3 rings (SSSR count). The molecule has 150 valence electrons. The van der Waals surface area contributed by atoms with Gasteiger partial charge in [0.25, 0.3) is 0 Å². The molecule has 0 aliphatic heterocycles. The summed E-state index contributed by atoms with van der Waals surface area (Å²) < 4.78 is 41.9. The van der Waals surface area contributed by atoms with Crippen LogP contribution in [0.5, 0.6) is 0 Å². The molecule has 4 N–H and O–H groups in total. The number of amides is 2. The Morgan fingerprint density at radius 1 is 1.21 bits per heavy atom. The van der Waals surface area contributed by atoms with E-state index in [2.05, 4.69) is 20.4 Å². The maximum Gasteiger partial charge on any atom is 0.414 e. The first kappa shape index (κ1) is 20.9. The number of rotatable bonds is 3. The molecule has 0 saturated carbocycles. The number of fused-ring (bicyclic) bond motifs is 1. The summed E-state index contributed by atoms with van der Waals surface area (Å²) in [5.74, 6) is -0.0237. The molecule has 2 amide bonds. The van der Waals surface area contributed by atoms with Crippen molar-refractivity contribution in [2.45, 2.75) is 33.0 Å². The van der Waals surface area contributed by atoms with Crippen LogP contribution in [0.25, 0.3) is 5.52 Å². The zero-order chi connectivity index (χ0) is 20.9. The fourth-order valence-electron chi connectivity index (χ4n) is 2.42. The highest BCUT2D eigenvalue weighted by atomic mass is 19.4. The number of anilines is 2. The number of hydrogen-bond donors (Lipinski definition) is 3. The normalized spacial score (nSPS) is 12.1. The number of urea groups is 1. The van der Waals surface area contributed by atoms with Gasteiger partial charge in [0.1, 0.15) is 0 Å². The van der Waals surface area contributed by atoms with E-state index in [4.69, 9.17) is 5.73 Å². The lowest BCUT2D eigenvalue weighted by molar-refractivity contribution is -0.155. The van der Waals surface area contributed by atoms with E-state index in [1.54, 1.807) is 18.2 Å². The third kappa shape index (κ3) is 4.67. The molecule has 3 aromatic heterocycles. The number of nitrogens with two attached hydrogens (primary N) is 1. The van der Waals surface area contributed by atoms with E-state index < -0.39 is 18.2 Å². The number of hydrogen-bond acceptors (Lipinski definition) is 5. The van der Waals surface area contributed by atoms with Gasteiger partial charge in [0.2, 0.25) is 5.95 Å². The minimum Gasteiger partial charge on any atom is -0.368 e. The van der Waals surface area contributed by atoms with Crippen LogP contribution in [-0.4, -0.2) is 31.8 Å². The zero-order valence-electron chi connectivity index (χ0n) is 15.4. The van der Waals surface area contributed by atoms with Gasteiger partial charge in [-0.25, -0.2) is 19.3 Å². The van der Waals surface area contributed by atoms with E-state index in [0.717, 1.165) is 0 Å². The minimum absolute atomic E-state index is 0.0237. The Morgan fingerprint density at radius 2 is 1.86 bits per heavy atom. The number of halogens is 3. The van der Waals surface area contributed by atoms with E-state index in [-0.39, 0.29) is 17.3 Å². The quantitative estimate of drug-likeness (QED) is 0.629. The van der Waals surface area contributed by atoms with Crippen molar-refractivity contribution < 1.29 is 18.0 Å². The number of nitrogens with zero attached hydrogens (tertiary/aromatic N) is 4. The second-order valence-corrected chi connectivity index (χ2v) is 5.44. The largest absolute Gasteiger partial charge is 0.414 e. The first-order chi connectivity index (χ1) is 13.3. The molecule has 1 atom stereocenters. The van der Waals surface area contributed by atoms with Gasteiger partial charge in [-0.05, 0) is 19.1 Å². The summed E-state index contributed by atoms with van der Waals surface area (Å²) in [6, 6.07) is 1.63. The molecular weight excluding hydrogens is 375 g/mol. The number of nitrogen functional groups attached to an aromatic ring is 1. The van der Waals surface area contributed by atoms with Crippen LogP contribution < -0.4 is 16.4 Å². The van der Waals surface area contributed by atoms with E-state index in [1.807, 2.05) is 19.2 Å². The molecule has 0 saturated heterocycles. The van der Waals surface area contributed by atoms with Gasteiger partial charge in [-0.1, -0.05) is 19.9 Å². The molecule has 0 spiro atoms. The highest BCUT2D eigenvalue weighted by Crippen LogP contribution is 2.34. The van der Waals surface area contributed by atoms with Crippen molar-refractivity contribution >= 4 is 23.2 Å². The van der Waals surface area contributed by atoms with Crippen molar-refractivity contribution in [3.05, 3.63) is 48.0 Å². The molecular formula is C17H20F3N7O. The smallest absolute Gasteiger partial charge is 0.368 e. The monoisotopic (exact) mass is 395 g/mol. The van der Waals surface area contributed by atoms with Crippen LogP contribution in [0.2, 0.25) is 0 Å². The van der Waals surface area contributed by atoms with Crippen LogP contribution in [0.15, 0.2) is 36.8 Å². The van der Waals surface area contributed by atoms with Crippen LogP contribution >= 0.6 is 0 Å². The van der Waals surface area contributed by atoms with E-state index in [0.29, 0.717) is 11.1 Å². The van der Waals surface area contributed by atoms with Crippen molar-refractivity contribution in [3.63, 3.8) is 0 Å². The molecule has 1 unspecified atom stereocenters. The summed E-state index contributed by atoms with van der Waals surface area (Å²) in [4.78, 5) is 19.3. The summed E-state index contributed by atoms with van der Waals surface area (Å²) in [5.41, 5.74) is 5.97. The third-order valence-electron chi connectivity index (χ3n) is 3.63.